The van der Waals surface area contributed by atoms with E-state index < -0.39 is 0 Å². The van der Waals surface area contributed by atoms with Crippen molar-refractivity contribution < 1.29 is 9.47 Å². The molecule has 0 bridgehead atoms. The Bertz CT molecular complexity index is 415. The molecule has 1 fully saturated rings. The first-order chi connectivity index (χ1) is 9.10. The van der Waals surface area contributed by atoms with E-state index >= 15 is 0 Å². The van der Waals surface area contributed by atoms with Gasteiger partial charge in [-0.2, -0.15) is 9.97 Å². The molecule has 0 saturated heterocycles. The molecule has 1 aliphatic rings. The molecule has 1 aliphatic carbocycles. The summed E-state index contributed by atoms with van der Waals surface area (Å²) in [6.07, 6.45) is 5.00. The number of aromatic nitrogens is 2. The molecule has 19 heavy (non-hydrogen) atoms. The molecule has 0 amide bonds. The van der Waals surface area contributed by atoms with Crippen LogP contribution in [0.15, 0.2) is 6.33 Å². The van der Waals surface area contributed by atoms with Crippen molar-refractivity contribution in [1.29, 1.82) is 0 Å². The van der Waals surface area contributed by atoms with E-state index in [1.54, 1.807) is 0 Å². The van der Waals surface area contributed by atoms with E-state index in [2.05, 4.69) is 23.8 Å². The Morgan fingerprint density at radius 1 is 1.16 bits per heavy atom. The van der Waals surface area contributed by atoms with Crippen LogP contribution >= 0.6 is 0 Å². The quantitative estimate of drug-likeness (QED) is 0.906. The number of nitrogens with zero attached hydrogens (tertiary/aromatic N) is 2. The van der Waals surface area contributed by atoms with Crippen molar-refractivity contribution >= 4 is 5.69 Å². The van der Waals surface area contributed by atoms with Crippen LogP contribution in [0.5, 0.6) is 11.8 Å². The Morgan fingerprint density at radius 2 is 1.79 bits per heavy atom. The van der Waals surface area contributed by atoms with Gasteiger partial charge in [0.15, 0.2) is 5.69 Å². The fourth-order valence-corrected chi connectivity index (χ4v) is 2.84. The van der Waals surface area contributed by atoms with Gasteiger partial charge in [-0.3, -0.25) is 0 Å². The third-order valence-corrected chi connectivity index (χ3v) is 3.51. The normalized spacial score (nSPS) is 27.0. The maximum Gasteiger partial charge on any atom is 0.244 e. The summed E-state index contributed by atoms with van der Waals surface area (Å²) in [6, 6.07) is 0. The van der Waals surface area contributed by atoms with Crippen LogP contribution in [0.4, 0.5) is 5.69 Å². The number of ether oxygens (including phenoxy) is 2. The molecular formula is C14H23N3O2. The van der Waals surface area contributed by atoms with Crippen molar-refractivity contribution in [1.82, 2.24) is 9.97 Å². The number of hydrogen-bond donors (Lipinski definition) is 1. The minimum atomic E-state index is 0.186. The molecular weight excluding hydrogens is 242 g/mol. The smallest absolute Gasteiger partial charge is 0.244 e. The van der Waals surface area contributed by atoms with Crippen molar-refractivity contribution in [3.63, 3.8) is 0 Å². The topological polar surface area (TPSA) is 70.3 Å². The molecule has 2 atom stereocenters. The number of nitrogen functional groups attached to an aromatic ring is 1. The van der Waals surface area contributed by atoms with Crippen LogP contribution in [0.2, 0.25) is 0 Å². The number of nitrogens with two attached hydrogens (primary N) is 1. The average Bonchev–Trinajstić information content (AvgIpc) is 2.33. The van der Waals surface area contributed by atoms with E-state index in [1.807, 2.05) is 6.92 Å². The second kappa shape index (κ2) is 6.08. The van der Waals surface area contributed by atoms with Gasteiger partial charge in [0.1, 0.15) is 12.4 Å². The second-order valence-corrected chi connectivity index (χ2v) is 5.49. The molecule has 0 aliphatic heterocycles. The highest BCUT2D eigenvalue weighted by molar-refractivity contribution is 5.55. The van der Waals surface area contributed by atoms with Gasteiger partial charge < -0.3 is 15.2 Å². The molecule has 2 rings (SSSR count). The Labute approximate surface area is 114 Å². The van der Waals surface area contributed by atoms with Gasteiger partial charge in [-0.25, -0.2) is 0 Å². The monoisotopic (exact) mass is 265 g/mol. The van der Waals surface area contributed by atoms with Crippen molar-refractivity contribution in [2.24, 2.45) is 11.8 Å². The lowest BCUT2D eigenvalue weighted by atomic mass is 9.82. The summed E-state index contributed by atoms with van der Waals surface area (Å²) in [5.74, 6) is 2.22. The zero-order chi connectivity index (χ0) is 13.8. The zero-order valence-electron chi connectivity index (χ0n) is 11.9. The van der Waals surface area contributed by atoms with Gasteiger partial charge >= 0.3 is 0 Å². The fraction of sp³-hybridized carbons (Fsp3) is 0.714. The lowest BCUT2D eigenvalue weighted by molar-refractivity contribution is 0.0969. The van der Waals surface area contributed by atoms with E-state index in [4.69, 9.17) is 15.2 Å². The molecule has 0 spiro atoms. The molecule has 1 saturated carbocycles. The minimum Gasteiger partial charge on any atom is -0.476 e. The van der Waals surface area contributed by atoms with Crippen molar-refractivity contribution in [2.75, 3.05) is 12.3 Å². The summed E-state index contributed by atoms with van der Waals surface area (Å²) in [4.78, 5) is 8.14. The van der Waals surface area contributed by atoms with Gasteiger partial charge in [0.25, 0.3) is 0 Å². The van der Waals surface area contributed by atoms with E-state index in [-0.39, 0.29) is 6.10 Å². The largest absolute Gasteiger partial charge is 0.476 e. The molecule has 2 unspecified atom stereocenters. The third-order valence-electron chi connectivity index (χ3n) is 3.51. The Balaban J connectivity index is 2.08. The van der Waals surface area contributed by atoms with Gasteiger partial charge in [-0.15, -0.1) is 0 Å². The molecule has 0 radical (unpaired) electrons. The predicted octanol–water partition coefficient (Wildman–Crippen LogP) is 2.66. The zero-order valence-corrected chi connectivity index (χ0v) is 11.9. The van der Waals surface area contributed by atoms with Crippen LogP contribution in [-0.2, 0) is 0 Å². The highest BCUT2D eigenvalue weighted by Crippen LogP contribution is 2.33. The van der Waals surface area contributed by atoms with Crippen LogP contribution < -0.4 is 15.2 Å². The van der Waals surface area contributed by atoms with Crippen LogP contribution in [0, 0.1) is 11.8 Å². The molecule has 2 N–H and O–H groups in total. The predicted molar refractivity (Wildman–Crippen MR) is 74.2 cm³/mol. The SMILES string of the molecule is CCOc1ncnc(OC2CC(C)CC(C)C2)c1N. The van der Waals surface area contributed by atoms with Gasteiger partial charge in [0.05, 0.1) is 6.61 Å². The number of rotatable bonds is 4. The summed E-state index contributed by atoms with van der Waals surface area (Å²) in [6.45, 7) is 6.95. The molecule has 0 aromatic carbocycles. The van der Waals surface area contributed by atoms with Crippen molar-refractivity contribution in [3.8, 4) is 11.8 Å². The Hall–Kier alpha value is -1.52. The first-order valence-corrected chi connectivity index (χ1v) is 7.00. The lowest BCUT2D eigenvalue weighted by Gasteiger charge is -2.31. The van der Waals surface area contributed by atoms with Crippen molar-refractivity contribution in [2.45, 2.75) is 46.1 Å². The molecule has 1 aromatic rings. The van der Waals surface area contributed by atoms with Crippen LogP contribution in [0.3, 0.4) is 0 Å². The van der Waals surface area contributed by atoms with Crippen LogP contribution in [0.1, 0.15) is 40.0 Å². The first-order valence-electron chi connectivity index (χ1n) is 7.00. The highest BCUT2D eigenvalue weighted by Gasteiger charge is 2.26. The van der Waals surface area contributed by atoms with E-state index in [1.165, 1.54) is 12.7 Å². The highest BCUT2D eigenvalue weighted by atomic mass is 16.5. The summed E-state index contributed by atoms with van der Waals surface area (Å²) in [5, 5.41) is 0. The number of anilines is 1. The molecule has 5 nitrogen and oxygen atoms in total. The van der Waals surface area contributed by atoms with Gasteiger partial charge in [-0.05, 0) is 38.0 Å². The van der Waals surface area contributed by atoms with E-state index in [0.29, 0.717) is 35.9 Å². The first kappa shape index (κ1) is 13.9. The van der Waals surface area contributed by atoms with Gasteiger partial charge in [-0.1, -0.05) is 13.8 Å². The second-order valence-electron chi connectivity index (χ2n) is 5.49. The molecule has 1 aromatic heterocycles. The summed E-state index contributed by atoms with van der Waals surface area (Å²) >= 11 is 0. The molecule has 106 valence electrons. The summed E-state index contributed by atoms with van der Waals surface area (Å²) in [5.41, 5.74) is 6.38. The van der Waals surface area contributed by atoms with Gasteiger partial charge in [0.2, 0.25) is 11.8 Å². The average molecular weight is 265 g/mol. The van der Waals surface area contributed by atoms with Crippen molar-refractivity contribution in [3.05, 3.63) is 6.33 Å². The minimum absolute atomic E-state index is 0.186. The lowest BCUT2D eigenvalue weighted by Crippen LogP contribution is -2.29. The molecule has 5 heteroatoms. The fourth-order valence-electron chi connectivity index (χ4n) is 2.84. The standard InChI is InChI=1S/C14H23N3O2/c1-4-18-13-12(15)14(17-8-16-13)19-11-6-9(2)5-10(3)7-11/h8-11H,4-7,15H2,1-3H3. The Kier molecular flexibility index (Phi) is 4.45. The van der Waals surface area contributed by atoms with Crippen LogP contribution in [-0.4, -0.2) is 22.7 Å². The maximum absolute atomic E-state index is 5.98. The van der Waals surface area contributed by atoms with Crippen LogP contribution in [0.25, 0.3) is 0 Å². The third kappa shape index (κ3) is 3.49. The molecule has 1 heterocycles. The van der Waals surface area contributed by atoms with Gasteiger partial charge in [0, 0.05) is 0 Å². The van der Waals surface area contributed by atoms with E-state index in [0.717, 1.165) is 12.8 Å². The summed E-state index contributed by atoms with van der Waals surface area (Å²) in [7, 11) is 0. The number of hydrogen-bond acceptors (Lipinski definition) is 5. The maximum atomic E-state index is 5.98. The summed E-state index contributed by atoms with van der Waals surface area (Å²) < 4.78 is 11.3. The van der Waals surface area contributed by atoms with E-state index in [9.17, 15) is 0 Å². The Morgan fingerprint density at radius 3 is 2.42 bits per heavy atom.